The Morgan fingerprint density at radius 2 is 1.73 bits per heavy atom. The number of para-hydroxylation sites is 1. The van der Waals surface area contributed by atoms with Crippen LogP contribution < -0.4 is 5.56 Å². The minimum Gasteiger partial charge on any atom is -0.290 e. The smallest absolute Gasteiger partial charge is 0.271 e. The monoisotopic (exact) mass is 430 g/mol. The maximum Gasteiger partial charge on any atom is 0.271 e. The first-order chi connectivity index (χ1) is 14.7. The maximum absolute atomic E-state index is 12.6. The van der Waals surface area contributed by atoms with E-state index in [0.29, 0.717) is 15.6 Å². The minimum absolute atomic E-state index is 0.000707. The Labute approximate surface area is 181 Å². The molecule has 0 aliphatic heterocycles. The zero-order valence-electron chi connectivity index (χ0n) is 16.2. The molecule has 0 spiro atoms. The highest BCUT2D eigenvalue weighted by molar-refractivity contribution is 7.98. The summed E-state index contributed by atoms with van der Waals surface area (Å²) in [5.41, 5.74) is 4.87. The Bertz CT molecular complexity index is 1370. The lowest BCUT2D eigenvalue weighted by atomic mass is 10.1. The van der Waals surface area contributed by atoms with Gasteiger partial charge in [-0.25, -0.2) is 9.67 Å². The molecular formula is C23H18N4OS2. The predicted molar refractivity (Wildman–Crippen MR) is 123 cm³/mol. The standard InChI is InChI=1S/C23H18N4OS2/c1-26-22(28)21-19(12-13-29-21)24-23(26)30-15-17-14-27(18-10-6-3-7-11-18)25-20(17)16-8-4-2-5-9-16/h2-14H,15H2,1H3. The minimum atomic E-state index is 0.000707. The van der Waals surface area contributed by atoms with Crippen LogP contribution in [0.15, 0.2) is 88.3 Å². The average Bonchev–Trinajstić information content (AvgIpc) is 3.44. The number of thiophene rings is 1. The molecule has 5 nitrogen and oxygen atoms in total. The number of hydrogen-bond acceptors (Lipinski definition) is 5. The van der Waals surface area contributed by atoms with Gasteiger partial charge in [0.1, 0.15) is 4.70 Å². The molecule has 0 radical (unpaired) electrons. The van der Waals surface area contributed by atoms with Gasteiger partial charge in [-0.15, -0.1) is 11.3 Å². The summed E-state index contributed by atoms with van der Waals surface area (Å²) in [6, 6.07) is 22.1. The van der Waals surface area contributed by atoms with E-state index in [-0.39, 0.29) is 5.56 Å². The summed E-state index contributed by atoms with van der Waals surface area (Å²) >= 11 is 2.99. The molecule has 3 heterocycles. The molecule has 30 heavy (non-hydrogen) atoms. The van der Waals surface area contributed by atoms with E-state index in [0.717, 1.165) is 28.0 Å². The molecule has 0 N–H and O–H groups in total. The van der Waals surface area contributed by atoms with Crippen molar-refractivity contribution in [2.24, 2.45) is 7.05 Å². The fourth-order valence-corrected chi connectivity index (χ4v) is 5.05. The van der Waals surface area contributed by atoms with Gasteiger partial charge >= 0.3 is 0 Å². The fourth-order valence-electron chi connectivity index (χ4n) is 3.31. The summed E-state index contributed by atoms with van der Waals surface area (Å²) in [7, 11) is 1.78. The zero-order chi connectivity index (χ0) is 20.5. The van der Waals surface area contributed by atoms with Crippen LogP contribution in [0.25, 0.3) is 27.2 Å². The molecule has 0 bridgehead atoms. The third kappa shape index (κ3) is 3.46. The molecule has 2 aromatic carbocycles. The second-order valence-electron chi connectivity index (χ2n) is 6.83. The number of hydrogen-bond donors (Lipinski definition) is 0. The molecule has 5 rings (SSSR count). The van der Waals surface area contributed by atoms with Crippen molar-refractivity contribution < 1.29 is 0 Å². The van der Waals surface area contributed by atoms with Crippen LogP contribution in [0, 0.1) is 0 Å². The van der Waals surface area contributed by atoms with Crippen LogP contribution in [-0.4, -0.2) is 19.3 Å². The van der Waals surface area contributed by atoms with Crippen LogP contribution >= 0.6 is 23.1 Å². The van der Waals surface area contributed by atoms with Gasteiger partial charge in [-0.05, 0) is 23.6 Å². The number of aromatic nitrogens is 4. The lowest BCUT2D eigenvalue weighted by Crippen LogP contribution is -2.18. The van der Waals surface area contributed by atoms with Crippen molar-refractivity contribution in [2.75, 3.05) is 0 Å². The van der Waals surface area contributed by atoms with E-state index in [1.165, 1.54) is 11.3 Å². The highest BCUT2D eigenvalue weighted by Gasteiger charge is 2.15. The van der Waals surface area contributed by atoms with E-state index >= 15 is 0 Å². The molecule has 0 amide bonds. The summed E-state index contributed by atoms with van der Waals surface area (Å²) in [4.78, 5) is 17.3. The molecule has 0 unspecified atom stereocenters. The molecule has 0 aliphatic carbocycles. The second kappa shape index (κ2) is 7.93. The van der Waals surface area contributed by atoms with Crippen LogP contribution in [0.2, 0.25) is 0 Å². The third-order valence-electron chi connectivity index (χ3n) is 4.86. The van der Waals surface area contributed by atoms with E-state index in [1.807, 2.05) is 64.7 Å². The Balaban J connectivity index is 1.53. The number of benzene rings is 2. The molecular weight excluding hydrogens is 412 g/mol. The van der Waals surface area contributed by atoms with Crippen molar-refractivity contribution >= 4 is 33.3 Å². The highest BCUT2D eigenvalue weighted by Crippen LogP contribution is 2.29. The van der Waals surface area contributed by atoms with E-state index in [4.69, 9.17) is 5.10 Å². The number of thioether (sulfide) groups is 1. The van der Waals surface area contributed by atoms with Gasteiger partial charge in [-0.1, -0.05) is 60.3 Å². The van der Waals surface area contributed by atoms with Gasteiger partial charge in [0.05, 0.1) is 16.9 Å². The molecule has 0 fully saturated rings. The maximum atomic E-state index is 12.6. The Morgan fingerprint density at radius 1 is 1.00 bits per heavy atom. The lowest BCUT2D eigenvalue weighted by Gasteiger charge is -2.07. The number of nitrogens with zero attached hydrogens (tertiary/aromatic N) is 4. The van der Waals surface area contributed by atoms with Crippen molar-refractivity contribution in [3.8, 4) is 16.9 Å². The molecule has 0 saturated heterocycles. The van der Waals surface area contributed by atoms with E-state index in [1.54, 1.807) is 23.4 Å². The quantitative estimate of drug-likeness (QED) is 0.286. The summed E-state index contributed by atoms with van der Waals surface area (Å²) in [5, 5.41) is 7.47. The first-order valence-corrected chi connectivity index (χ1v) is 11.3. The van der Waals surface area contributed by atoms with Crippen LogP contribution in [0.3, 0.4) is 0 Å². The summed E-state index contributed by atoms with van der Waals surface area (Å²) < 4.78 is 4.24. The first-order valence-electron chi connectivity index (χ1n) is 9.47. The summed E-state index contributed by atoms with van der Waals surface area (Å²) in [6.07, 6.45) is 2.06. The second-order valence-corrected chi connectivity index (χ2v) is 8.69. The Morgan fingerprint density at radius 3 is 2.50 bits per heavy atom. The fraction of sp³-hybridized carbons (Fsp3) is 0.0870. The van der Waals surface area contributed by atoms with Crippen LogP contribution in [0.4, 0.5) is 0 Å². The normalized spacial score (nSPS) is 11.2. The number of rotatable bonds is 5. The van der Waals surface area contributed by atoms with Crippen molar-refractivity contribution in [3.63, 3.8) is 0 Å². The van der Waals surface area contributed by atoms with Gasteiger partial charge in [0.25, 0.3) is 5.56 Å². The molecule has 0 saturated carbocycles. The van der Waals surface area contributed by atoms with E-state index < -0.39 is 0 Å². The highest BCUT2D eigenvalue weighted by atomic mass is 32.2. The van der Waals surface area contributed by atoms with Crippen molar-refractivity contribution in [1.29, 1.82) is 0 Å². The lowest BCUT2D eigenvalue weighted by molar-refractivity contribution is 0.728. The van der Waals surface area contributed by atoms with Crippen molar-refractivity contribution in [1.82, 2.24) is 19.3 Å². The molecule has 7 heteroatoms. The third-order valence-corrected chi connectivity index (χ3v) is 6.83. The zero-order valence-corrected chi connectivity index (χ0v) is 17.9. The summed E-state index contributed by atoms with van der Waals surface area (Å²) in [6.45, 7) is 0. The average molecular weight is 431 g/mol. The SMILES string of the molecule is Cn1c(SCc2cn(-c3ccccc3)nc2-c2ccccc2)nc2ccsc2c1=O. The molecule has 148 valence electrons. The van der Waals surface area contributed by atoms with Crippen LogP contribution in [0.1, 0.15) is 5.56 Å². The van der Waals surface area contributed by atoms with Gasteiger partial charge in [0, 0.05) is 30.1 Å². The van der Waals surface area contributed by atoms with Gasteiger partial charge < -0.3 is 0 Å². The van der Waals surface area contributed by atoms with E-state index in [2.05, 4.69) is 23.3 Å². The van der Waals surface area contributed by atoms with Gasteiger partial charge in [-0.2, -0.15) is 5.10 Å². The van der Waals surface area contributed by atoms with E-state index in [9.17, 15) is 4.79 Å². The molecule has 5 aromatic rings. The molecule has 0 aliphatic rings. The largest absolute Gasteiger partial charge is 0.290 e. The van der Waals surface area contributed by atoms with Crippen LogP contribution in [-0.2, 0) is 12.8 Å². The topological polar surface area (TPSA) is 52.7 Å². The Hall–Kier alpha value is -3.16. The molecule has 0 atom stereocenters. The first kappa shape index (κ1) is 18.8. The predicted octanol–water partition coefficient (Wildman–Crippen LogP) is 5.14. The van der Waals surface area contributed by atoms with Crippen molar-refractivity contribution in [3.05, 3.63) is 94.2 Å². The number of fused-ring (bicyclic) bond motifs is 1. The van der Waals surface area contributed by atoms with Gasteiger partial charge in [0.2, 0.25) is 0 Å². The van der Waals surface area contributed by atoms with Crippen LogP contribution in [0.5, 0.6) is 0 Å². The summed E-state index contributed by atoms with van der Waals surface area (Å²) in [5.74, 6) is 0.660. The Kier molecular flexibility index (Phi) is 4.98. The van der Waals surface area contributed by atoms with Gasteiger partial charge in [0.15, 0.2) is 5.16 Å². The van der Waals surface area contributed by atoms with Gasteiger partial charge in [-0.3, -0.25) is 9.36 Å². The molecule has 3 aromatic heterocycles. The van der Waals surface area contributed by atoms with Crippen molar-refractivity contribution in [2.45, 2.75) is 10.9 Å².